The van der Waals surface area contributed by atoms with Crippen LogP contribution in [0.15, 0.2) is 34.9 Å². The van der Waals surface area contributed by atoms with Gasteiger partial charge in [-0.2, -0.15) is 0 Å². The smallest absolute Gasteiger partial charge is 0.372 e. The normalized spacial score (nSPS) is 10.5. The molecule has 0 atom stereocenters. The van der Waals surface area contributed by atoms with Gasteiger partial charge in [-0.15, -0.1) is 0 Å². The Morgan fingerprint density at radius 1 is 1.42 bits per heavy atom. The van der Waals surface area contributed by atoms with E-state index in [1.165, 1.54) is 12.3 Å². The van der Waals surface area contributed by atoms with Crippen LogP contribution in [0.2, 0.25) is 0 Å². The van der Waals surface area contributed by atoms with Crippen LogP contribution in [0, 0.1) is 12.7 Å². The van der Waals surface area contributed by atoms with Gasteiger partial charge in [-0.25, -0.2) is 9.18 Å². The maximum Gasteiger partial charge on any atom is 0.372 e. The molecule has 1 N–H and O–H groups in total. The summed E-state index contributed by atoms with van der Waals surface area (Å²) in [6.45, 7) is 2.07. The third kappa shape index (κ3) is 2.76. The molecule has 0 aliphatic rings. The third-order valence-electron chi connectivity index (χ3n) is 2.93. The van der Waals surface area contributed by atoms with E-state index in [-0.39, 0.29) is 11.6 Å². The van der Waals surface area contributed by atoms with Gasteiger partial charge in [-0.1, -0.05) is 0 Å². The van der Waals surface area contributed by atoms with Crippen molar-refractivity contribution < 1.29 is 18.7 Å². The lowest BCUT2D eigenvalue weighted by Gasteiger charge is -2.19. The summed E-state index contributed by atoms with van der Waals surface area (Å²) in [5, 5.41) is 8.96. The van der Waals surface area contributed by atoms with Crippen molar-refractivity contribution in [1.82, 2.24) is 0 Å². The van der Waals surface area contributed by atoms with E-state index in [9.17, 15) is 9.18 Å². The lowest BCUT2D eigenvalue weighted by molar-refractivity contribution is 0.0661. The SMILES string of the molecule is Cc1cc(N(C)Cc2ccoc2C(=O)O)ccc1F. The molecule has 5 heteroatoms. The van der Waals surface area contributed by atoms with Gasteiger partial charge in [0.25, 0.3) is 0 Å². The van der Waals surface area contributed by atoms with Gasteiger partial charge >= 0.3 is 5.97 Å². The highest BCUT2D eigenvalue weighted by molar-refractivity contribution is 5.86. The summed E-state index contributed by atoms with van der Waals surface area (Å²) in [5.74, 6) is -1.42. The average molecular weight is 263 g/mol. The molecule has 1 heterocycles. The minimum absolute atomic E-state index is 0.0642. The highest BCUT2D eigenvalue weighted by Gasteiger charge is 2.15. The first-order chi connectivity index (χ1) is 8.99. The zero-order valence-corrected chi connectivity index (χ0v) is 10.7. The first-order valence-corrected chi connectivity index (χ1v) is 5.76. The maximum absolute atomic E-state index is 13.2. The Labute approximate surface area is 110 Å². The molecular formula is C14H14FNO3. The van der Waals surface area contributed by atoms with Crippen LogP contribution < -0.4 is 4.90 Å². The molecule has 0 unspecified atom stereocenters. The predicted octanol–water partition coefficient (Wildman–Crippen LogP) is 3.06. The van der Waals surface area contributed by atoms with Crippen molar-refractivity contribution >= 4 is 11.7 Å². The zero-order chi connectivity index (χ0) is 14.0. The van der Waals surface area contributed by atoms with Crippen molar-refractivity contribution in [3.8, 4) is 0 Å². The molecule has 100 valence electrons. The molecule has 19 heavy (non-hydrogen) atoms. The number of carboxylic acids is 1. The molecule has 0 amide bonds. The molecule has 1 aromatic heterocycles. The predicted molar refractivity (Wildman–Crippen MR) is 68.9 cm³/mol. The molecule has 0 aliphatic heterocycles. The molecule has 0 aliphatic carbocycles. The maximum atomic E-state index is 13.2. The molecular weight excluding hydrogens is 249 g/mol. The first-order valence-electron chi connectivity index (χ1n) is 5.76. The highest BCUT2D eigenvalue weighted by Crippen LogP contribution is 2.20. The standard InChI is InChI=1S/C14H14FNO3/c1-9-7-11(3-4-12(9)15)16(2)8-10-5-6-19-13(10)14(17)18/h3-7H,8H2,1-2H3,(H,17,18). The molecule has 0 saturated carbocycles. The Morgan fingerprint density at radius 2 is 2.16 bits per heavy atom. The molecule has 0 bridgehead atoms. The van der Waals surface area contributed by atoms with Gasteiger partial charge < -0.3 is 14.4 Å². The molecule has 0 saturated heterocycles. The summed E-state index contributed by atoms with van der Waals surface area (Å²) in [7, 11) is 1.81. The second-order valence-corrected chi connectivity index (χ2v) is 4.37. The summed E-state index contributed by atoms with van der Waals surface area (Å²) < 4.78 is 18.1. The molecule has 0 radical (unpaired) electrons. The number of carbonyl (C=O) groups is 1. The summed E-state index contributed by atoms with van der Waals surface area (Å²) in [4.78, 5) is 12.8. The zero-order valence-electron chi connectivity index (χ0n) is 10.7. The molecule has 2 aromatic rings. The molecule has 0 spiro atoms. The fourth-order valence-corrected chi connectivity index (χ4v) is 1.86. The van der Waals surface area contributed by atoms with Crippen LogP contribution in [0.5, 0.6) is 0 Å². The van der Waals surface area contributed by atoms with E-state index in [4.69, 9.17) is 9.52 Å². The number of anilines is 1. The lowest BCUT2D eigenvalue weighted by atomic mass is 10.1. The van der Waals surface area contributed by atoms with Gasteiger partial charge in [0.15, 0.2) is 0 Å². The number of furan rings is 1. The van der Waals surface area contributed by atoms with Crippen molar-refractivity contribution in [2.75, 3.05) is 11.9 Å². The van der Waals surface area contributed by atoms with E-state index in [2.05, 4.69) is 0 Å². The highest BCUT2D eigenvalue weighted by atomic mass is 19.1. The van der Waals surface area contributed by atoms with Crippen molar-refractivity contribution in [3.63, 3.8) is 0 Å². The number of rotatable bonds is 4. The minimum Gasteiger partial charge on any atom is -0.475 e. The van der Waals surface area contributed by atoms with Crippen molar-refractivity contribution in [2.45, 2.75) is 13.5 Å². The van der Waals surface area contributed by atoms with Crippen LogP contribution in [0.25, 0.3) is 0 Å². The summed E-state index contributed by atoms with van der Waals surface area (Å²) in [5.41, 5.74) is 1.95. The average Bonchev–Trinajstić information content (AvgIpc) is 2.80. The van der Waals surface area contributed by atoms with Crippen LogP contribution >= 0.6 is 0 Å². The van der Waals surface area contributed by atoms with Gasteiger partial charge in [0.05, 0.1) is 6.26 Å². The van der Waals surface area contributed by atoms with Crippen molar-refractivity contribution in [3.05, 3.63) is 53.2 Å². The van der Waals surface area contributed by atoms with Gasteiger partial charge in [0, 0.05) is 24.8 Å². The van der Waals surface area contributed by atoms with E-state index in [1.807, 2.05) is 11.9 Å². The lowest BCUT2D eigenvalue weighted by Crippen LogP contribution is -2.17. The summed E-state index contributed by atoms with van der Waals surface area (Å²) in [6, 6.07) is 6.39. The van der Waals surface area contributed by atoms with Gasteiger partial charge in [-0.05, 0) is 36.8 Å². The number of hydrogen-bond donors (Lipinski definition) is 1. The Kier molecular flexibility index (Phi) is 3.55. The topological polar surface area (TPSA) is 53.7 Å². The van der Waals surface area contributed by atoms with E-state index in [0.717, 1.165) is 5.69 Å². The summed E-state index contributed by atoms with van der Waals surface area (Å²) in [6.07, 6.45) is 1.35. The molecule has 0 fully saturated rings. The Bertz CT molecular complexity index is 606. The Hall–Kier alpha value is -2.30. The van der Waals surface area contributed by atoms with E-state index in [0.29, 0.717) is 17.7 Å². The summed E-state index contributed by atoms with van der Waals surface area (Å²) >= 11 is 0. The number of nitrogens with zero attached hydrogens (tertiary/aromatic N) is 1. The largest absolute Gasteiger partial charge is 0.475 e. The van der Waals surface area contributed by atoms with E-state index >= 15 is 0 Å². The Balaban J connectivity index is 2.20. The minimum atomic E-state index is -1.09. The molecule has 1 aromatic carbocycles. The van der Waals surface area contributed by atoms with Gasteiger partial charge in [0.1, 0.15) is 5.82 Å². The van der Waals surface area contributed by atoms with Gasteiger partial charge in [-0.3, -0.25) is 0 Å². The van der Waals surface area contributed by atoms with Gasteiger partial charge in [0.2, 0.25) is 5.76 Å². The number of aryl methyl sites for hydroxylation is 1. The van der Waals surface area contributed by atoms with Crippen molar-refractivity contribution in [1.29, 1.82) is 0 Å². The number of hydrogen-bond acceptors (Lipinski definition) is 3. The second kappa shape index (κ2) is 5.14. The number of benzene rings is 1. The first kappa shape index (κ1) is 13.1. The van der Waals surface area contributed by atoms with Crippen LogP contribution in [0.1, 0.15) is 21.7 Å². The van der Waals surface area contributed by atoms with E-state index < -0.39 is 5.97 Å². The van der Waals surface area contributed by atoms with Crippen molar-refractivity contribution in [2.24, 2.45) is 0 Å². The fourth-order valence-electron chi connectivity index (χ4n) is 1.86. The number of halogens is 1. The monoisotopic (exact) mass is 263 g/mol. The molecule has 4 nitrogen and oxygen atoms in total. The van der Waals surface area contributed by atoms with Crippen LogP contribution in [-0.2, 0) is 6.54 Å². The van der Waals surface area contributed by atoms with E-state index in [1.54, 1.807) is 25.1 Å². The quantitative estimate of drug-likeness (QED) is 0.921. The van der Waals surface area contributed by atoms with Crippen LogP contribution in [0.3, 0.4) is 0 Å². The fraction of sp³-hybridized carbons (Fsp3) is 0.214. The third-order valence-corrected chi connectivity index (χ3v) is 2.93. The second-order valence-electron chi connectivity index (χ2n) is 4.37. The Morgan fingerprint density at radius 3 is 2.79 bits per heavy atom. The van der Waals surface area contributed by atoms with Crippen LogP contribution in [0.4, 0.5) is 10.1 Å². The number of aromatic carboxylic acids is 1. The van der Waals surface area contributed by atoms with Crippen LogP contribution in [-0.4, -0.2) is 18.1 Å². The number of carboxylic acid groups (broad SMARTS) is 1. The molecule has 2 rings (SSSR count).